The van der Waals surface area contributed by atoms with Gasteiger partial charge in [-0.3, -0.25) is 0 Å². The maximum absolute atomic E-state index is 4.76. The number of hydrogen-bond donors (Lipinski definition) is 0. The zero-order valence-electron chi connectivity index (χ0n) is 9.46. The van der Waals surface area contributed by atoms with Crippen LogP contribution in [0.1, 0.15) is 0 Å². The second-order valence-corrected chi connectivity index (χ2v) is 6.03. The van der Waals surface area contributed by atoms with E-state index in [4.69, 9.17) is 4.98 Å². The summed E-state index contributed by atoms with van der Waals surface area (Å²) in [5.74, 6) is 0. The van der Waals surface area contributed by atoms with Crippen LogP contribution in [0.2, 0.25) is 0 Å². The zero-order valence-corrected chi connectivity index (χ0v) is 11.1. The highest BCUT2D eigenvalue weighted by Gasteiger charge is 2.05. The first kappa shape index (κ1) is 10.2. The van der Waals surface area contributed by atoms with E-state index in [0.717, 1.165) is 11.2 Å². The summed E-state index contributed by atoms with van der Waals surface area (Å²) >= 11 is 3.51. The lowest BCUT2D eigenvalue weighted by Crippen LogP contribution is -1.82. The van der Waals surface area contributed by atoms with Crippen LogP contribution >= 0.6 is 22.7 Å². The molecule has 0 bridgehead atoms. The van der Waals surface area contributed by atoms with E-state index in [1.807, 2.05) is 0 Å². The summed E-state index contributed by atoms with van der Waals surface area (Å²) in [5, 5.41) is 6.78. The Morgan fingerprint density at radius 1 is 0.778 bits per heavy atom. The van der Waals surface area contributed by atoms with Gasteiger partial charge in [0.2, 0.25) is 0 Å². The van der Waals surface area contributed by atoms with Crippen molar-refractivity contribution in [1.82, 2.24) is 4.98 Å². The van der Waals surface area contributed by atoms with Crippen molar-refractivity contribution in [2.24, 2.45) is 0 Å². The molecule has 4 aromatic rings. The molecule has 0 saturated carbocycles. The highest BCUT2D eigenvalue weighted by molar-refractivity contribution is 7.17. The van der Waals surface area contributed by atoms with Crippen molar-refractivity contribution < 1.29 is 0 Å². The van der Waals surface area contributed by atoms with E-state index in [2.05, 4.69) is 53.2 Å². The molecule has 0 unspecified atom stereocenters. The van der Waals surface area contributed by atoms with E-state index in [-0.39, 0.29) is 0 Å². The minimum absolute atomic E-state index is 1.06. The van der Waals surface area contributed by atoms with Crippen LogP contribution in [0.3, 0.4) is 0 Å². The van der Waals surface area contributed by atoms with Crippen LogP contribution in [-0.2, 0) is 0 Å². The molecule has 0 saturated heterocycles. The van der Waals surface area contributed by atoms with Gasteiger partial charge >= 0.3 is 0 Å². The molecule has 3 heteroatoms. The van der Waals surface area contributed by atoms with E-state index in [1.165, 1.54) is 20.3 Å². The van der Waals surface area contributed by atoms with Gasteiger partial charge in [-0.1, -0.05) is 6.07 Å². The molecule has 0 spiro atoms. The van der Waals surface area contributed by atoms with Crippen molar-refractivity contribution in [2.45, 2.75) is 0 Å². The topological polar surface area (TPSA) is 12.9 Å². The molecular weight excluding hydrogens is 258 g/mol. The van der Waals surface area contributed by atoms with Crippen LogP contribution in [0.4, 0.5) is 0 Å². The van der Waals surface area contributed by atoms with Crippen molar-refractivity contribution in [2.75, 3.05) is 0 Å². The number of fused-ring (bicyclic) bond motifs is 3. The number of pyridine rings is 1. The van der Waals surface area contributed by atoms with Crippen molar-refractivity contribution >= 4 is 43.7 Å². The summed E-state index contributed by atoms with van der Waals surface area (Å²) in [5.41, 5.74) is 2.14. The van der Waals surface area contributed by atoms with Crippen molar-refractivity contribution in [3.8, 4) is 10.6 Å². The Kier molecular flexibility index (Phi) is 2.22. The van der Waals surface area contributed by atoms with Crippen LogP contribution < -0.4 is 0 Å². The predicted octanol–water partition coefficient (Wildman–Crippen LogP) is 5.18. The van der Waals surface area contributed by atoms with Gasteiger partial charge in [-0.05, 0) is 47.2 Å². The second kappa shape index (κ2) is 3.90. The SMILES string of the molecule is c1csc(-c2ccc3c(ccc4sccc43)n2)c1. The molecule has 18 heavy (non-hydrogen) atoms. The smallest absolute Gasteiger partial charge is 0.0809 e. The molecule has 1 nitrogen and oxygen atoms in total. The van der Waals surface area contributed by atoms with E-state index in [1.54, 1.807) is 22.7 Å². The number of rotatable bonds is 1. The molecule has 1 aromatic carbocycles. The molecule has 0 atom stereocenters. The molecule has 0 radical (unpaired) electrons. The van der Waals surface area contributed by atoms with Crippen LogP contribution in [0, 0.1) is 0 Å². The molecule has 0 N–H and O–H groups in total. The van der Waals surface area contributed by atoms with Gasteiger partial charge in [0.1, 0.15) is 0 Å². The average molecular weight is 267 g/mol. The van der Waals surface area contributed by atoms with Crippen molar-refractivity contribution in [3.63, 3.8) is 0 Å². The van der Waals surface area contributed by atoms with Crippen LogP contribution in [0.25, 0.3) is 31.6 Å². The maximum Gasteiger partial charge on any atom is 0.0809 e. The third-order valence-corrected chi connectivity index (χ3v) is 4.85. The van der Waals surface area contributed by atoms with Crippen LogP contribution in [0.15, 0.2) is 53.2 Å². The predicted molar refractivity (Wildman–Crippen MR) is 80.4 cm³/mol. The van der Waals surface area contributed by atoms with Crippen LogP contribution in [0.5, 0.6) is 0 Å². The number of aromatic nitrogens is 1. The first-order valence-electron chi connectivity index (χ1n) is 5.73. The van der Waals surface area contributed by atoms with E-state index in [0.29, 0.717) is 0 Å². The lowest BCUT2D eigenvalue weighted by molar-refractivity contribution is 1.43. The van der Waals surface area contributed by atoms with Gasteiger partial charge in [-0.25, -0.2) is 4.98 Å². The zero-order chi connectivity index (χ0) is 11.9. The quantitative estimate of drug-likeness (QED) is 0.463. The Morgan fingerprint density at radius 2 is 1.78 bits per heavy atom. The molecule has 0 amide bonds. The summed E-state index contributed by atoms with van der Waals surface area (Å²) in [6.07, 6.45) is 0. The Balaban J connectivity index is 2.03. The van der Waals surface area contributed by atoms with Gasteiger partial charge in [-0.15, -0.1) is 22.7 Å². The summed E-state index contributed by atoms with van der Waals surface area (Å²) in [6, 6.07) is 14.9. The molecule has 86 valence electrons. The summed E-state index contributed by atoms with van der Waals surface area (Å²) < 4.78 is 1.33. The first-order chi connectivity index (χ1) is 8.92. The summed E-state index contributed by atoms with van der Waals surface area (Å²) in [7, 11) is 0. The number of nitrogens with zero attached hydrogens (tertiary/aromatic N) is 1. The van der Waals surface area contributed by atoms with Gasteiger partial charge in [0.05, 0.1) is 16.1 Å². The molecule has 3 heterocycles. The Labute approximate surface area is 112 Å². The Bertz CT molecular complexity index is 828. The molecular formula is C15H9NS2. The highest BCUT2D eigenvalue weighted by Crippen LogP contribution is 2.31. The van der Waals surface area contributed by atoms with E-state index >= 15 is 0 Å². The third-order valence-electron chi connectivity index (χ3n) is 3.08. The van der Waals surface area contributed by atoms with E-state index in [9.17, 15) is 0 Å². The lowest BCUT2D eigenvalue weighted by Gasteiger charge is -2.02. The first-order valence-corrected chi connectivity index (χ1v) is 7.48. The summed E-state index contributed by atoms with van der Waals surface area (Å²) in [4.78, 5) is 5.99. The van der Waals surface area contributed by atoms with Gasteiger partial charge in [-0.2, -0.15) is 0 Å². The lowest BCUT2D eigenvalue weighted by atomic mass is 10.1. The standard InChI is InChI=1S/C15H9NS2/c1-2-15(17-8-1)13-4-3-10-11-7-9-18-14(11)6-5-12(10)16-13/h1-9H. The fourth-order valence-corrected chi connectivity index (χ4v) is 3.72. The van der Waals surface area contributed by atoms with Gasteiger partial charge < -0.3 is 0 Å². The van der Waals surface area contributed by atoms with Gasteiger partial charge in [0.25, 0.3) is 0 Å². The van der Waals surface area contributed by atoms with Crippen molar-refractivity contribution in [3.05, 3.63) is 53.2 Å². The minimum atomic E-state index is 1.06. The van der Waals surface area contributed by atoms with Gasteiger partial charge in [0.15, 0.2) is 0 Å². The molecule has 4 rings (SSSR count). The summed E-state index contributed by atoms with van der Waals surface area (Å²) in [6.45, 7) is 0. The van der Waals surface area contributed by atoms with Gasteiger partial charge in [0, 0.05) is 15.5 Å². The van der Waals surface area contributed by atoms with E-state index < -0.39 is 0 Å². The normalized spacial score (nSPS) is 11.3. The fourth-order valence-electron chi connectivity index (χ4n) is 2.22. The van der Waals surface area contributed by atoms with Crippen molar-refractivity contribution in [1.29, 1.82) is 0 Å². The fraction of sp³-hybridized carbons (Fsp3) is 0. The largest absolute Gasteiger partial charge is 0.247 e. The average Bonchev–Trinajstić information content (AvgIpc) is 3.09. The second-order valence-electron chi connectivity index (χ2n) is 4.14. The molecule has 0 fully saturated rings. The molecule has 3 aromatic heterocycles. The maximum atomic E-state index is 4.76. The molecule has 0 aliphatic heterocycles. The van der Waals surface area contributed by atoms with Crippen LogP contribution in [-0.4, -0.2) is 4.98 Å². The Morgan fingerprint density at radius 3 is 2.67 bits per heavy atom. The highest BCUT2D eigenvalue weighted by atomic mass is 32.1. The number of thiophene rings is 2. The monoisotopic (exact) mass is 267 g/mol. The molecule has 0 aliphatic carbocycles. The number of benzene rings is 1. The third kappa shape index (κ3) is 1.48. The number of hydrogen-bond acceptors (Lipinski definition) is 3. The minimum Gasteiger partial charge on any atom is -0.247 e. The molecule has 0 aliphatic rings. The Hall–Kier alpha value is -1.71.